The van der Waals surface area contributed by atoms with Gasteiger partial charge in [-0.3, -0.25) is 0 Å². The molecule has 0 aliphatic heterocycles. The first-order valence-electron chi connectivity index (χ1n) is 6.40. The van der Waals surface area contributed by atoms with Crippen molar-refractivity contribution in [2.24, 2.45) is 5.41 Å². The van der Waals surface area contributed by atoms with Crippen LogP contribution in [-0.4, -0.2) is 29.1 Å². The first kappa shape index (κ1) is 16.1. The summed E-state index contributed by atoms with van der Waals surface area (Å²) in [5.74, 6) is -0.876. The average Bonchev–Trinajstić information content (AvgIpc) is 2.33. The summed E-state index contributed by atoms with van der Waals surface area (Å²) in [4.78, 5) is 10.9. The lowest BCUT2D eigenvalue weighted by molar-refractivity contribution is 0.0696. The molecule has 0 bridgehead atoms. The molecule has 1 rings (SSSR count). The van der Waals surface area contributed by atoms with Crippen molar-refractivity contribution in [2.75, 3.05) is 12.8 Å². The quantitative estimate of drug-likeness (QED) is 0.840. The second-order valence-corrected chi connectivity index (χ2v) is 6.77. The zero-order valence-corrected chi connectivity index (χ0v) is 12.9. The Morgan fingerprint density at radius 3 is 2.63 bits per heavy atom. The van der Waals surface area contributed by atoms with Crippen molar-refractivity contribution >= 4 is 17.7 Å². The van der Waals surface area contributed by atoms with Crippen molar-refractivity contribution in [2.45, 2.75) is 32.6 Å². The minimum absolute atomic E-state index is 0.259. The molecule has 1 aromatic carbocycles. The summed E-state index contributed by atoms with van der Waals surface area (Å²) in [5.41, 5.74) is 1.61. The Hall–Kier alpha value is -1.00. The fourth-order valence-corrected chi connectivity index (χ4v) is 2.90. The first-order chi connectivity index (χ1) is 8.84. The number of nitrogens with one attached hydrogen (secondary N) is 1. The van der Waals surface area contributed by atoms with Crippen LogP contribution < -0.4 is 5.32 Å². The van der Waals surface area contributed by atoms with Gasteiger partial charge in [0.15, 0.2) is 0 Å². The van der Waals surface area contributed by atoms with Crippen molar-refractivity contribution < 1.29 is 9.90 Å². The molecule has 0 aliphatic carbocycles. The van der Waals surface area contributed by atoms with E-state index in [1.54, 1.807) is 18.2 Å². The number of rotatable bonds is 6. The number of hydrogen-bond acceptors (Lipinski definition) is 3. The number of carbonyl (C=O) groups is 1. The van der Waals surface area contributed by atoms with Gasteiger partial charge in [0, 0.05) is 18.3 Å². The van der Waals surface area contributed by atoms with E-state index < -0.39 is 5.97 Å². The molecule has 0 aliphatic rings. The predicted octanol–water partition coefficient (Wildman–Crippen LogP) is 3.25. The molecule has 4 heteroatoms. The second kappa shape index (κ2) is 6.96. The van der Waals surface area contributed by atoms with Gasteiger partial charge < -0.3 is 10.4 Å². The number of thioether (sulfide) groups is 1. The van der Waals surface area contributed by atoms with Crippen molar-refractivity contribution in [3.8, 4) is 0 Å². The van der Waals surface area contributed by atoms with E-state index in [0.29, 0.717) is 17.4 Å². The summed E-state index contributed by atoms with van der Waals surface area (Å²) in [6.07, 6.45) is 2.13. The topological polar surface area (TPSA) is 49.3 Å². The summed E-state index contributed by atoms with van der Waals surface area (Å²) in [6, 6.07) is 7.08. The molecule has 1 unspecified atom stereocenters. The van der Waals surface area contributed by atoms with Gasteiger partial charge in [0.25, 0.3) is 0 Å². The van der Waals surface area contributed by atoms with Gasteiger partial charge in [0.2, 0.25) is 0 Å². The van der Waals surface area contributed by atoms with Crippen LogP contribution in [-0.2, 0) is 6.54 Å². The molecule has 0 spiro atoms. The minimum atomic E-state index is -0.876. The molecule has 0 amide bonds. The van der Waals surface area contributed by atoms with Crippen LogP contribution in [0.15, 0.2) is 24.3 Å². The van der Waals surface area contributed by atoms with Crippen molar-refractivity contribution in [3.63, 3.8) is 0 Å². The van der Waals surface area contributed by atoms with E-state index in [0.717, 1.165) is 12.1 Å². The van der Waals surface area contributed by atoms with Crippen molar-refractivity contribution in [3.05, 3.63) is 35.4 Å². The minimum Gasteiger partial charge on any atom is -0.478 e. The Morgan fingerprint density at radius 1 is 1.42 bits per heavy atom. The molecule has 0 saturated carbocycles. The molecule has 0 heterocycles. The smallest absolute Gasteiger partial charge is 0.335 e. The van der Waals surface area contributed by atoms with Crippen molar-refractivity contribution in [1.82, 2.24) is 5.32 Å². The standard InChI is InChI=1S/C15H23NO2S/c1-15(2,3)13(19-4)10-16-9-11-6-5-7-12(8-11)14(17)18/h5-8,13,16H,9-10H2,1-4H3,(H,17,18). The molecule has 0 aromatic heterocycles. The molecule has 0 fully saturated rings. The van der Waals surface area contributed by atoms with Gasteiger partial charge in [-0.15, -0.1) is 0 Å². The van der Waals surface area contributed by atoms with Crippen molar-refractivity contribution in [1.29, 1.82) is 0 Å². The molecule has 106 valence electrons. The number of benzene rings is 1. The largest absolute Gasteiger partial charge is 0.478 e. The monoisotopic (exact) mass is 281 g/mol. The van der Waals surface area contributed by atoms with Crippen LogP contribution in [0.4, 0.5) is 0 Å². The zero-order chi connectivity index (χ0) is 14.5. The Morgan fingerprint density at radius 2 is 2.11 bits per heavy atom. The van der Waals surface area contributed by atoms with E-state index in [9.17, 15) is 4.79 Å². The molecule has 19 heavy (non-hydrogen) atoms. The highest BCUT2D eigenvalue weighted by molar-refractivity contribution is 7.99. The van der Waals surface area contributed by atoms with Gasteiger partial charge in [-0.1, -0.05) is 32.9 Å². The van der Waals surface area contributed by atoms with E-state index in [1.807, 2.05) is 17.8 Å². The molecular weight excluding hydrogens is 258 g/mol. The Kier molecular flexibility index (Phi) is 5.88. The summed E-state index contributed by atoms with van der Waals surface area (Å²) in [7, 11) is 0. The zero-order valence-electron chi connectivity index (χ0n) is 12.1. The number of carboxylic acids is 1. The molecule has 1 atom stereocenters. The summed E-state index contributed by atoms with van der Waals surface area (Å²) < 4.78 is 0. The van der Waals surface area contributed by atoms with E-state index in [1.165, 1.54) is 0 Å². The molecule has 1 aromatic rings. The maximum atomic E-state index is 10.9. The third-order valence-electron chi connectivity index (χ3n) is 3.08. The maximum absolute atomic E-state index is 10.9. The predicted molar refractivity (Wildman–Crippen MR) is 81.9 cm³/mol. The van der Waals surface area contributed by atoms with Gasteiger partial charge in [-0.2, -0.15) is 11.8 Å². The Bertz CT molecular complexity index is 426. The van der Waals surface area contributed by atoms with Crippen LogP contribution in [0.2, 0.25) is 0 Å². The average molecular weight is 281 g/mol. The van der Waals surface area contributed by atoms with Crippen LogP contribution in [0.3, 0.4) is 0 Å². The molecule has 0 saturated heterocycles. The number of hydrogen-bond donors (Lipinski definition) is 2. The number of carboxylic acid groups (broad SMARTS) is 1. The Labute approximate surface area is 119 Å². The number of aromatic carboxylic acids is 1. The van der Waals surface area contributed by atoms with E-state index in [2.05, 4.69) is 32.3 Å². The summed E-state index contributed by atoms with van der Waals surface area (Å²) >= 11 is 1.86. The molecule has 3 nitrogen and oxygen atoms in total. The summed E-state index contributed by atoms with van der Waals surface area (Å²) in [5, 5.41) is 12.9. The highest BCUT2D eigenvalue weighted by Crippen LogP contribution is 2.28. The van der Waals surface area contributed by atoms with Gasteiger partial charge in [0.05, 0.1) is 5.56 Å². The van der Waals surface area contributed by atoms with Gasteiger partial charge in [0.1, 0.15) is 0 Å². The van der Waals surface area contributed by atoms with Crippen LogP contribution in [0.25, 0.3) is 0 Å². The van der Waals surface area contributed by atoms with E-state index in [4.69, 9.17) is 5.11 Å². The fraction of sp³-hybridized carbons (Fsp3) is 0.533. The SMILES string of the molecule is CSC(CNCc1cccc(C(=O)O)c1)C(C)(C)C. The van der Waals surface area contributed by atoms with Crippen LogP contribution in [0.5, 0.6) is 0 Å². The van der Waals surface area contributed by atoms with Crippen LogP contribution in [0.1, 0.15) is 36.7 Å². The third-order valence-corrected chi connectivity index (χ3v) is 4.53. The Balaban J connectivity index is 2.53. The lowest BCUT2D eigenvalue weighted by Crippen LogP contribution is -2.34. The van der Waals surface area contributed by atoms with E-state index >= 15 is 0 Å². The second-order valence-electron chi connectivity index (χ2n) is 5.73. The lowest BCUT2D eigenvalue weighted by Gasteiger charge is -2.29. The van der Waals surface area contributed by atoms with Crippen LogP contribution >= 0.6 is 11.8 Å². The molecule has 2 N–H and O–H groups in total. The molecule has 0 radical (unpaired) electrons. The highest BCUT2D eigenvalue weighted by Gasteiger charge is 2.22. The van der Waals surface area contributed by atoms with Gasteiger partial charge >= 0.3 is 5.97 Å². The lowest BCUT2D eigenvalue weighted by atomic mass is 9.91. The highest BCUT2D eigenvalue weighted by atomic mass is 32.2. The fourth-order valence-electron chi connectivity index (χ4n) is 1.90. The normalized spacial score (nSPS) is 13.3. The van der Waals surface area contributed by atoms with Gasteiger partial charge in [-0.25, -0.2) is 4.79 Å². The first-order valence-corrected chi connectivity index (χ1v) is 7.69. The third kappa shape index (κ3) is 5.25. The van der Waals surface area contributed by atoms with Gasteiger partial charge in [-0.05, 0) is 29.4 Å². The van der Waals surface area contributed by atoms with Crippen LogP contribution in [0, 0.1) is 5.41 Å². The summed E-state index contributed by atoms with van der Waals surface area (Å²) in [6.45, 7) is 8.33. The molecular formula is C15H23NO2S. The van der Waals surface area contributed by atoms with E-state index in [-0.39, 0.29) is 5.41 Å². The maximum Gasteiger partial charge on any atom is 0.335 e.